The van der Waals surface area contributed by atoms with Gasteiger partial charge in [0.15, 0.2) is 0 Å². The van der Waals surface area contributed by atoms with E-state index in [1.54, 1.807) is 38.5 Å². The Morgan fingerprint density at radius 2 is 1.54 bits per heavy atom. The zero-order valence-corrected chi connectivity index (χ0v) is 21.7. The summed E-state index contributed by atoms with van der Waals surface area (Å²) in [5.74, 6) is 0.187. The molecule has 198 valence electrons. The van der Waals surface area contributed by atoms with Gasteiger partial charge in [0, 0.05) is 17.5 Å². The van der Waals surface area contributed by atoms with Gasteiger partial charge in [-0.05, 0) is 45.5 Å². The van der Waals surface area contributed by atoms with Crippen molar-refractivity contribution < 1.29 is 29.0 Å². The van der Waals surface area contributed by atoms with E-state index in [-0.39, 0.29) is 18.9 Å². The number of methoxy groups -OCH3 is 2. The lowest BCUT2D eigenvalue weighted by Crippen LogP contribution is -2.30. The molecule has 5 rings (SSSR count). The molecule has 0 bridgehead atoms. The number of amides is 1. The number of nitrogens with zero attached hydrogens (tertiary/aromatic N) is 1. The Kier molecular flexibility index (Phi) is 7.61. The Balaban J connectivity index is 1.51. The molecule has 0 fully saturated rings. The SMILES string of the molecule is COc1ccc(C(c2ccc(CC(=O)O)cc2)N(C=O)OCC2c3ccccc3-c3ccccc32)c(OC)c1. The first-order chi connectivity index (χ1) is 19.0. The lowest BCUT2D eigenvalue weighted by molar-refractivity contribution is -0.184. The van der Waals surface area contributed by atoms with Crippen LogP contribution in [0.1, 0.15) is 39.8 Å². The number of carboxylic acids is 1. The first-order valence-electron chi connectivity index (χ1n) is 12.6. The predicted octanol–water partition coefficient (Wildman–Crippen LogP) is 5.62. The molecule has 1 atom stereocenters. The van der Waals surface area contributed by atoms with Gasteiger partial charge >= 0.3 is 5.97 Å². The number of rotatable bonds is 11. The highest BCUT2D eigenvalue weighted by Crippen LogP contribution is 2.45. The number of carbonyl (C=O) groups is 2. The zero-order valence-electron chi connectivity index (χ0n) is 21.7. The van der Waals surface area contributed by atoms with E-state index in [0.29, 0.717) is 29.0 Å². The summed E-state index contributed by atoms with van der Waals surface area (Å²) in [5.41, 5.74) is 6.74. The Morgan fingerprint density at radius 1 is 0.897 bits per heavy atom. The zero-order chi connectivity index (χ0) is 27.4. The summed E-state index contributed by atoms with van der Waals surface area (Å²) in [7, 11) is 3.13. The maximum absolute atomic E-state index is 12.6. The number of carbonyl (C=O) groups excluding carboxylic acids is 1. The molecule has 39 heavy (non-hydrogen) atoms. The van der Waals surface area contributed by atoms with Gasteiger partial charge in [-0.15, -0.1) is 0 Å². The number of ether oxygens (including phenoxy) is 2. The third-order valence-corrected chi connectivity index (χ3v) is 7.10. The summed E-state index contributed by atoms with van der Waals surface area (Å²) in [4.78, 5) is 30.1. The average Bonchev–Trinajstić information content (AvgIpc) is 3.29. The summed E-state index contributed by atoms with van der Waals surface area (Å²) in [5, 5.41) is 10.5. The lowest BCUT2D eigenvalue weighted by atomic mass is 9.96. The predicted molar refractivity (Wildman–Crippen MR) is 147 cm³/mol. The van der Waals surface area contributed by atoms with E-state index >= 15 is 0 Å². The molecule has 1 aliphatic carbocycles. The molecule has 4 aromatic carbocycles. The second kappa shape index (κ2) is 11.4. The molecule has 7 nitrogen and oxygen atoms in total. The van der Waals surface area contributed by atoms with Gasteiger partial charge in [0.25, 0.3) is 0 Å². The normalized spacial score (nSPS) is 12.8. The number of fused-ring (bicyclic) bond motifs is 3. The standard InChI is InChI=1S/C32H29NO6/c1-37-23-15-16-28(30(18-23)38-2)32(22-13-11-21(12-14-22)17-31(35)36)33(20-34)39-19-29-26-9-5-3-7-24(26)25-8-4-6-10-27(25)29/h3-16,18,20,29,32H,17,19H2,1-2H3,(H,35,36). The number of hydrogen-bond acceptors (Lipinski definition) is 5. The van der Waals surface area contributed by atoms with Crippen molar-refractivity contribution in [3.8, 4) is 22.6 Å². The minimum atomic E-state index is -0.911. The van der Waals surface area contributed by atoms with Crippen LogP contribution in [0.25, 0.3) is 11.1 Å². The second-order valence-electron chi connectivity index (χ2n) is 9.31. The molecule has 0 spiro atoms. The van der Waals surface area contributed by atoms with Crippen LogP contribution in [0.5, 0.6) is 11.5 Å². The van der Waals surface area contributed by atoms with Crippen LogP contribution in [-0.2, 0) is 20.8 Å². The summed E-state index contributed by atoms with van der Waals surface area (Å²) in [6.07, 6.45) is 0.581. The van der Waals surface area contributed by atoms with Crippen molar-refractivity contribution in [2.45, 2.75) is 18.4 Å². The Bertz CT molecular complexity index is 1440. The Morgan fingerprint density at radius 3 is 2.10 bits per heavy atom. The molecule has 4 aromatic rings. The minimum Gasteiger partial charge on any atom is -0.497 e. The molecular formula is C32H29NO6. The molecule has 0 aliphatic heterocycles. The number of aliphatic carboxylic acids is 1. The van der Waals surface area contributed by atoms with Crippen molar-refractivity contribution in [2.24, 2.45) is 0 Å². The van der Waals surface area contributed by atoms with Crippen LogP contribution >= 0.6 is 0 Å². The number of benzene rings is 4. The van der Waals surface area contributed by atoms with Gasteiger partial charge in [0.05, 0.1) is 27.2 Å². The molecular weight excluding hydrogens is 494 g/mol. The van der Waals surface area contributed by atoms with E-state index in [4.69, 9.17) is 14.3 Å². The van der Waals surface area contributed by atoms with Crippen molar-refractivity contribution in [2.75, 3.05) is 20.8 Å². The molecule has 0 aromatic heterocycles. The summed E-state index contributed by atoms with van der Waals surface area (Å²) in [6.45, 7) is 0.249. The smallest absolute Gasteiger partial charge is 0.307 e. The fourth-order valence-corrected chi connectivity index (χ4v) is 5.27. The average molecular weight is 524 g/mol. The van der Waals surface area contributed by atoms with E-state index in [1.807, 2.05) is 42.5 Å². The molecule has 1 aliphatic rings. The molecule has 1 N–H and O–H groups in total. The maximum Gasteiger partial charge on any atom is 0.307 e. The van der Waals surface area contributed by atoms with Crippen molar-refractivity contribution in [3.05, 3.63) is 119 Å². The van der Waals surface area contributed by atoms with Crippen LogP contribution in [0.3, 0.4) is 0 Å². The van der Waals surface area contributed by atoms with Gasteiger partial charge in [-0.3, -0.25) is 14.4 Å². The minimum absolute atomic E-state index is 0.0452. The highest BCUT2D eigenvalue weighted by molar-refractivity contribution is 5.78. The monoisotopic (exact) mass is 523 g/mol. The van der Waals surface area contributed by atoms with E-state index in [9.17, 15) is 14.7 Å². The summed E-state index contributed by atoms with van der Waals surface area (Å²) >= 11 is 0. The van der Waals surface area contributed by atoms with Crippen molar-refractivity contribution in [1.82, 2.24) is 5.06 Å². The molecule has 1 unspecified atom stereocenters. The molecule has 0 radical (unpaired) electrons. The fourth-order valence-electron chi connectivity index (χ4n) is 5.27. The van der Waals surface area contributed by atoms with Crippen molar-refractivity contribution >= 4 is 12.4 Å². The van der Waals surface area contributed by atoms with Crippen LogP contribution in [0.2, 0.25) is 0 Å². The van der Waals surface area contributed by atoms with E-state index in [0.717, 1.165) is 16.7 Å². The number of carboxylic acid groups (broad SMARTS) is 1. The third-order valence-electron chi connectivity index (χ3n) is 7.10. The second-order valence-corrected chi connectivity index (χ2v) is 9.31. The van der Waals surface area contributed by atoms with E-state index in [2.05, 4.69) is 24.3 Å². The molecule has 0 heterocycles. The maximum atomic E-state index is 12.6. The van der Waals surface area contributed by atoms with Crippen LogP contribution in [0, 0.1) is 0 Å². The highest BCUT2D eigenvalue weighted by atomic mass is 16.7. The van der Waals surface area contributed by atoms with Gasteiger partial charge in [0.2, 0.25) is 6.41 Å². The lowest BCUT2D eigenvalue weighted by Gasteiger charge is -2.30. The van der Waals surface area contributed by atoms with Gasteiger partial charge < -0.3 is 14.6 Å². The molecule has 0 saturated carbocycles. The summed E-state index contributed by atoms with van der Waals surface area (Å²) in [6, 6.07) is 28.3. The molecule has 7 heteroatoms. The Hall–Kier alpha value is -4.62. The first-order valence-corrected chi connectivity index (χ1v) is 12.6. The van der Waals surface area contributed by atoms with E-state index in [1.165, 1.54) is 16.2 Å². The number of hydrogen-bond donors (Lipinski definition) is 1. The highest BCUT2D eigenvalue weighted by Gasteiger charge is 2.31. The first kappa shape index (κ1) is 26.0. The largest absolute Gasteiger partial charge is 0.497 e. The Labute approximate surface area is 227 Å². The van der Waals surface area contributed by atoms with Gasteiger partial charge in [-0.2, -0.15) is 0 Å². The van der Waals surface area contributed by atoms with Crippen LogP contribution in [0.15, 0.2) is 91.0 Å². The summed E-state index contributed by atoms with van der Waals surface area (Å²) < 4.78 is 11.0. The van der Waals surface area contributed by atoms with Crippen molar-refractivity contribution in [1.29, 1.82) is 0 Å². The fraction of sp³-hybridized carbons (Fsp3) is 0.188. The molecule has 1 amide bonds. The van der Waals surface area contributed by atoms with E-state index < -0.39 is 12.0 Å². The van der Waals surface area contributed by atoms with Gasteiger partial charge in [0.1, 0.15) is 17.5 Å². The van der Waals surface area contributed by atoms with Crippen LogP contribution < -0.4 is 9.47 Å². The van der Waals surface area contributed by atoms with Gasteiger partial charge in [-0.1, -0.05) is 72.8 Å². The topological polar surface area (TPSA) is 85.3 Å². The van der Waals surface area contributed by atoms with Gasteiger partial charge in [-0.25, -0.2) is 5.06 Å². The molecule has 0 saturated heterocycles. The number of hydroxylamine groups is 2. The van der Waals surface area contributed by atoms with Crippen LogP contribution in [0.4, 0.5) is 0 Å². The third kappa shape index (κ3) is 5.22. The quantitative estimate of drug-likeness (QED) is 0.203. The van der Waals surface area contributed by atoms with Crippen molar-refractivity contribution in [3.63, 3.8) is 0 Å². The van der Waals surface area contributed by atoms with Crippen LogP contribution in [-0.4, -0.2) is 43.4 Å².